The van der Waals surface area contributed by atoms with E-state index in [1.54, 1.807) is 17.0 Å². The largest absolute Gasteiger partial charge is 0.478 e. The van der Waals surface area contributed by atoms with Gasteiger partial charge in [0, 0.05) is 11.4 Å². The highest BCUT2D eigenvalue weighted by molar-refractivity contribution is 5.90. The maximum absolute atomic E-state index is 12.4. The molecule has 0 aromatic heterocycles. The summed E-state index contributed by atoms with van der Waals surface area (Å²) in [6.45, 7) is 8.95. The first-order chi connectivity index (χ1) is 14.2. The van der Waals surface area contributed by atoms with Crippen molar-refractivity contribution in [2.45, 2.75) is 46.2 Å². The Morgan fingerprint density at radius 1 is 1.23 bits per heavy atom. The lowest BCUT2D eigenvalue weighted by atomic mass is 9.72. The Morgan fingerprint density at radius 2 is 2.00 bits per heavy atom. The van der Waals surface area contributed by atoms with Crippen LogP contribution in [0.4, 0.5) is 16.2 Å². The Labute approximate surface area is 176 Å². The number of hydrogen-bond acceptors (Lipinski definition) is 4. The summed E-state index contributed by atoms with van der Waals surface area (Å²) < 4.78 is 5.32. The van der Waals surface area contributed by atoms with Crippen molar-refractivity contribution < 1.29 is 19.4 Å². The number of carbonyl (C=O) groups is 2. The van der Waals surface area contributed by atoms with Crippen LogP contribution in [0, 0.1) is 11.3 Å². The minimum absolute atomic E-state index is 0.0234. The predicted octanol–water partition coefficient (Wildman–Crippen LogP) is 5.10. The summed E-state index contributed by atoms with van der Waals surface area (Å²) in [5.41, 5.74) is 4.06. The van der Waals surface area contributed by atoms with Gasteiger partial charge in [-0.1, -0.05) is 39.8 Å². The van der Waals surface area contributed by atoms with Crippen LogP contribution in [0.2, 0.25) is 0 Å². The summed E-state index contributed by atoms with van der Waals surface area (Å²) in [5, 5.41) is 12.9. The summed E-state index contributed by atoms with van der Waals surface area (Å²) in [6.07, 6.45) is 0.458. The molecule has 0 aliphatic carbocycles. The number of rotatable bonds is 4. The summed E-state index contributed by atoms with van der Waals surface area (Å²) in [7, 11) is 0. The van der Waals surface area contributed by atoms with Gasteiger partial charge in [0.05, 0.1) is 17.6 Å². The predicted molar refractivity (Wildman–Crippen MR) is 116 cm³/mol. The SMILES string of the molecule is CC(C)C1COC(=O)N1c1cccc(C2Nc3ccc(C(=O)O)cc3CC2(C)C)c1. The highest BCUT2D eigenvalue weighted by Crippen LogP contribution is 2.45. The van der Waals surface area contributed by atoms with E-state index in [0.717, 1.165) is 28.9 Å². The Kier molecular flexibility index (Phi) is 4.96. The van der Waals surface area contributed by atoms with Crippen molar-refractivity contribution in [2.24, 2.45) is 11.3 Å². The lowest BCUT2D eigenvalue weighted by Gasteiger charge is -2.41. The van der Waals surface area contributed by atoms with E-state index >= 15 is 0 Å². The second-order valence-corrected chi connectivity index (χ2v) is 9.27. The Balaban J connectivity index is 1.68. The van der Waals surface area contributed by atoms with Gasteiger partial charge in [0.15, 0.2) is 0 Å². The molecule has 4 rings (SSSR count). The van der Waals surface area contributed by atoms with Crippen LogP contribution in [0.5, 0.6) is 0 Å². The van der Waals surface area contributed by atoms with Crippen molar-refractivity contribution >= 4 is 23.4 Å². The quantitative estimate of drug-likeness (QED) is 0.736. The van der Waals surface area contributed by atoms with Crippen molar-refractivity contribution in [2.75, 3.05) is 16.8 Å². The van der Waals surface area contributed by atoms with Gasteiger partial charge in [-0.05, 0) is 59.2 Å². The van der Waals surface area contributed by atoms with Crippen molar-refractivity contribution in [1.82, 2.24) is 0 Å². The van der Waals surface area contributed by atoms with Crippen molar-refractivity contribution in [3.05, 3.63) is 59.2 Å². The van der Waals surface area contributed by atoms with E-state index in [-0.39, 0.29) is 23.6 Å². The molecular weight excluding hydrogens is 380 g/mol. The van der Waals surface area contributed by atoms with E-state index < -0.39 is 5.97 Å². The smallest absolute Gasteiger partial charge is 0.414 e. The highest BCUT2D eigenvalue weighted by Gasteiger charge is 2.39. The van der Waals surface area contributed by atoms with Crippen LogP contribution in [0.15, 0.2) is 42.5 Å². The second-order valence-electron chi connectivity index (χ2n) is 9.27. The third kappa shape index (κ3) is 3.51. The molecule has 0 spiro atoms. The molecule has 0 bridgehead atoms. The zero-order valence-corrected chi connectivity index (χ0v) is 17.8. The van der Waals surface area contributed by atoms with Gasteiger partial charge in [0.1, 0.15) is 6.61 Å². The molecule has 1 fully saturated rings. The molecule has 2 N–H and O–H groups in total. The van der Waals surface area contributed by atoms with Crippen molar-refractivity contribution in [1.29, 1.82) is 0 Å². The zero-order valence-electron chi connectivity index (χ0n) is 17.8. The number of cyclic esters (lactones) is 1. The molecule has 2 aromatic carbocycles. The second kappa shape index (κ2) is 7.35. The molecule has 2 heterocycles. The van der Waals surface area contributed by atoms with E-state index in [1.165, 1.54) is 0 Å². The van der Waals surface area contributed by atoms with Gasteiger partial charge >= 0.3 is 12.1 Å². The van der Waals surface area contributed by atoms with Crippen molar-refractivity contribution in [3.63, 3.8) is 0 Å². The molecule has 1 saturated heterocycles. The van der Waals surface area contributed by atoms with Gasteiger partial charge in [-0.15, -0.1) is 0 Å². The molecular formula is C24H28N2O4. The number of carboxylic acid groups (broad SMARTS) is 1. The number of fused-ring (bicyclic) bond motifs is 1. The molecule has 6 nitrogen and oxygen atoms in total. The summed E-state index contributed by atoms with van der Waals surface area (Å²) in [5.74, 6) is -0.623. The average molecular weight is 408 g/mol. The normalized spacial score (nSPS) is 22.4. The molecule has 0 radical (unpaired) electrons. The monoisotopic (exact) mass is 408 g/mol. The van der Waals surface area contributed by atoms with Crippen LogP contribution < -0.4 is 10.2 Å². The first-order valence-corrected chi connectivity index (χ1v) is 10.4. The van der Waals surface area contributed by atoms with Crippen LogP contribution in [-0.4, -0.2) is 29.8 Å². The summed E-state index contributed by atoms with van der Waals surface area (Å²) in [6, 6.07) is 13.4. The molecule has 158 valence electrons. The van der Waals surface area contributed by atoms with Crippen molar-refractivity contribution in [3.8, 4) is 0 Å². The molecule has 6 heteroatoms. The molecule has 0 saturated carbocycles. The number of amides is 1. The number of benzene rings is 2. The van der Waals surface area contributed by atoms with E-state index in [9.17, 15) is 14.7 Å². The van der Waals surface area contributed by atoms with Crippen LogP contribution in [0.3, 0.4) is 0 Å². The fourth-order valence-electron chi connectivity index (χ4n) is 4.57. The van der Waals surface area contributed by atoms with Gasteiger partial charge in [-0.25, -0.2) is 9.59 Å². The first kappa shape index (κ1) is 20.3. The number of hydrogen-bond donors (Lipinski definition) is 2. The Hall–Kier alpha value is -3.02. The highest BCUT2D eigenvalue weighted by atomic mass is 16.6. The minimum atomic E-state index is -0.914. The fraction of sp³-hybridized carbons (Fsp3) is 0.417. The standard InChI is InChI=1S/C24H28N2O4/c1-14(2)20-13-30-23(29)26(20)18-7-5-6-15(11-18)21-24(3,4)12-17-10-16(22(27)28)8-9-19(17)25-21/h5-11,14,20-21,25H,12-13H2,1-4H3,(H,27,28). The molecule has 1 amide bonds. The van der Waals surface area contributed by atoms with Crippen LogP contribution >= 0.6 is 0 Å². The van der Waals surface area contributed by atoms with Crippen LogP contribution in [0.25, 0.3) is 0 Å². The zero-order chi connectivity index (χ0) is 21.6. The van der Waals surface area contributed by atoms with E-state index in [1.807, 2.05) is 18.2 Å². The third-order valence-electron chi connectivity index (χ3n) is 6.24. The molecule has 30 heavy (non-hydrogen) atoms. The maximum Gasteiger partial charge on any atom is 0.414 e. The van der Waals surface area contributed by atoms with Gasteiger partial charge in [0.2, 0.25) is 0 Å². The number of ether oxygens (including phenoxy) is 1. The summed E-state index contributed by atoms with van der Waals surface area (Å²) >= 11 is 0. The fourth-order valence-corrected chi connectivity index (χ4v) is 4.57. The number of carboxylic acids is 1. The molecule has 2 aliphatic heterocycles. The van der Waals surface area contributed by atoms with Crippen LogP contribution in [-0.2, 0) is 11.2 Å². The van der Waals surface area contributed by atoms with E-state index in [2.05, 4.69) is 45.1 Å². The molecule has 2 aromatic rings. The van der Waals surface area contributed by atoms with Gasteiger partial charge in [0.25, 0.3) is 0 Å². The third-order valence-corrected chi connectivity index (χ3v) is 6.24. The van der Waals surface area contributed by atoms with Gasteiger partial charge < -0.3 is 15.2 Å². The number of aromatic carboxylic acids is 1. The maximum atomic E-state index is 12.4. The Bertz CT molecular complexity index is 998. The van der Waals surface area contributed by atoms with E-state index in [4.69, 9.17) is 4.74 Å². The number of carbonyl (C=O) groups excluding carboxylic acids is 1. The number of anilines is 2. The van der Waals surface area contributed by atoms with Gasteiger partial charge in [-0.3, -0.25) is 4.90 Å². The molecule has 2 aliphatic rings. The van der Waals surface area contributed by atoms with E-state index in [0.29, 0.717) is 18.1 Å². The summed E-state index contributed by atoms with van der Waals surface area (Å²) in [4.78, 5) is 25.5. The molecule has 2 unspecified atom stereocenters. The number of nitrogens with one attached hydrogen (secondary N) is 1. The minimum Gasteiger partial charge on any atom is -0.478 e. The lowest BCUT2D eigenvalue weighted by molar-refractivity contribution is 0.0696. The first-order valence-electron chi connectivity index (χ1n) is 10.4. The topological polar surface area (TPSA) is 78.9 Å². The van der Waals surface area contributed by atoms with Crippen LogP contribution in [0.1, 0.15) is 55.2 Å². The Morgan fingerprint density at radius 3 is 2.70 bits per heavy atom. The van der Waals surface area contributed by atoms with Gasteiger partial charge in [-0.2, -0.15) is 0 Å². The molecule has 2 atom stereocenters. The average Bonchev–Trinajstić information content (AvgIpc) is 3.08. The lowest BCUT2D eigenvalue weighted by Crippen LogP contribution is -2.38. The number of nitrogens with zero attached hydrogens (tertiary/aromatic N) is 1.